The Morgan fingerprint density at radius 2 is 1.66 bits per heavy atom. The number of amides is 1. The number of nitrogens with one attached hydrogen (secondary N) is 1. The molecule has 1 heterocycles. The van der Waals surface area contributed by atoms with Gasteiger partial charge in [-0.05, 0) is 31.6 Å². The molecule has 0 aromatic heterocycles. The minimum atomic E-state index is -0.657. The normalized spacial score (nSPS) is 19.3. The number of esters is 2. The summed E-state index contributed by atoms with van der Waals surface area (Å²) in [5.41, 5.74) is 0. The number of carbonyl (C=O) groups is 3. The van der Waals surface area contributed by atoms with Crippen LogP contribution < -0.4 is 5.32 Å². The van der Waals surface area contributed by atoms with Crippen LogP contribution in [0.25, 0.3) is 0 Å². The number of allylic oxidation sites excluding steroid dienone is 1. The predicted octanol–water partition coefficient (Wildman–Crippen LogP) is 6.66. The Morgan fingerprint density at radius 3 is 2.29 bits per heavy atom. The van der Waals surface area contributed by atoms with Gasteiger partial charge in [-0.25, -0.2) is 4.79 Å². The second-order valence-corrected chi connectivity index (χ2v) is 10.5. The molecule has 0 aromatic carbocycles. The van der Waals surface area contributed by atoms with Gasteiger partial charge < -0.3 is 14.8 Å². The monoisotopic (exact) mass is 493 g/mol. The second kappa shape index (κ2) is 19.4. The Balaban J connectivity index is 2.65. The number of carbonyl (C=O) groups excluding carboxylic acids is 3. The van der Waals surface area contributed by atoms with Crippen LogP contribution >= 0.6 is 0 Å². The van der Waals surface area contributed by atoms with Crippen molar-refractivity contribution in [3.05, 3.63) is 12.2 Å². The van der Waals surface area contributed by atoms with E-state index in [1.165, 1.54) is 44.9 Å². The average molecular weight is 494 g/mol. The molecule has 4 unspecified atom stereocenters. The summed E-state index contributed by atoms with van der Waals surface area (Å²) in [5, 5.41) is 2.60. The van der Waals surface area contributed by atoms with E-state index in [9.17, 15) is 14.4 Å². The summed E-state index contributed by atoms with van der Waals surface area (Å²) in [4.78, 5) is 35.9. The van der Waals surface area contributed by atoms with Crippen molar-refractivity contribution >= 4 is 18.3 Å². The third-order valence-electron chi connectivity index (χ3n) is 6.72. The summed E-state index contributed by atoms with van der Waals surface area (Å²) in [6.07, 6.45) is 19.8. The molecule has 0 aromatic rings. The molecule has 6 heteroatoms. The first kappa shape index (κ1) is 31.2. The van der Waals surface area contributed by atoms with Gasteiger partial charge in [0.2, 0.25) is 6.41 Å². The predicted molar refractivity (Wildman–Crippen MR) is 141 cm³/mol. The summed E-state index contributed by atoms with van der Waals surface area (Å²) in [7, 11) is 0. The molecular formula is C29H51NO5. The van der Waals surface area contributed by atoms with Crippen molar-refractivity contribution in [3.8, 4) is 0 Å². The van der Waals surface area contributed by atoms with Crippen LogP contribution in [-0.2, 0) is 23.9 Å². The van der Waals surface area contributed by atoms with Crippen molar-refractivity contribution < 1.29 is 23.9 Å². The van der Waals surface area contributed by atoms with E-state index < -0.39 is 12.0 Å². The van der Waals surface area contributed by atoms with Gasteiger partial charge in [0, 0.05) is 12.8 Å². The number of unbranched alkanes of at least 4 members (excludes halogenated alkanes) is 9. The molecular weight excluding hydrogens is 442 g/mol. The maximum Gasteiger partial charge on any atom is 0.328 e. The van der Waals surface area contributed by atoms with Gasteiger partial charge in [-0.15, -0.1) is 0 Å². The van der Waals surface area contributed by atoms with E-state index in [2.05, 4.69) is 31.3 Å². The summed E-state index contributed by atoms with van der Waals surface area (Å²) in [6.45, 7) is 8.41. The molecule has 202 valence electrons. The van der Waals surface area contributed by atoms with Gasteiger partial charge in [0.05, 0.1) is 5.92 Å². The highest BCUT2D eigenvalue weighted by Crippen LogP contribution is 2.32. The molecule has 1 N–H and O–H groups in total. The fourth-order valence-electron chi connectivity index (χ4n) is 4.60. The molecule has 1 aliphatic rings. The lowest BCUT2D eigenvalue weighted by atomic mass is 9.87. The van der Waals surface area contributed by atoms with Gasteiger partial charge >= 0.3 is 11.9 Å². The van der Waals surface area contributed by atoms with Crippen LogP contribution in [0, 0.1) is 11.8 Å². The minimum absolute atomic E-state index is 0.0975. The summed E-state index contributed by atoms with van der Waals surface area (Å²) in [6, 6.07) is -0.657. The molecule has 35 heavy (non-hydrogen) atoms. The minimum Gasteiger partial charge on any atom is -0.461 e. The van der Waals surface area contributed by atoms with Crippen LogP contribution in [0.5, 0.6) is 0 Å². The first-order valence-electron chi connectivity index (χ1n) is 14.2. The zero-order chi connectivity index (χ0) is 25.9. The van der Waals surface area contributed by atoms with Gasteiger partial charge in [-0.3, -0.25) is 9.59 Å². The van der Waals surface area contributed by atoms with E-state index in [1.807, 2.05) is 13.8 Å². The van der Waals surface area contributed by atoms with Crippen LogP contribution in [0.1, 0.15) is 124 Å². The molecule has 1 rings (SSSR count). The van der Waals surface area contributed by atoms with Crippen molar-refractivity contribution in [2.75, 3.05) is 0 Å². The number of rotatable bonds is 22. The third kappa shape index (κ3) is 13.7. The molecule has 1 aliphatic heterocycles. The van der Waals surface area contributed by atoms with E-state index in [-0.39, 0.29) is 30.0 Å². The number of ether oxygens (including phenoxy) is 2. The van der Waals surface area contributed by atoms with Crippen molar-refractivity contribution in [1.29, 1.82) is 0 Å². The van der Waals surface area contributed by atoms with Gasteiger partial charge in [0.1, 0.15) is 18.2 Å². The highest BCUT2D eigenvalue weighted by atomic mass is 16.6. The fourth-order valence-corrected chi connectivity index (χ4v) is 4.60. The largest absolute Gasteiger partial charge is 0.461 e. The lowest BCUT2D eigenvalue weighted by Crippen LogP contribution is -2.48. The van der Waals surface area contributed by atoms with E-state index >= 15 is 0 Å². The smallest absolute Gasteiger partial charge is 0.328 e. The average Bonchev–Trinajstić information content (AvgIpc) is 2.81. The quantitative estimate of drug-likeness (QED) is 0.0789. The van der Waals surface area contributed by atoms with Crippen molar-refractivity contribution in [3.63, 3.8) is 0 Å². The molecule has 6 nitrogen and oxygen atoms in total. The topological polar surface area (TPSA) is 81.7 Å². The maximum atomic E-state index is 12.8. The highest BCUT2D eigenvalue weighted by molar-refractivity contribution is 5.79. The Morgan fingerprint density at radius 1 is 1.00 bits per heavy atom. The van der Waals surface area contributed by atoms with E-state index in [4.69, 9.17) is 9.47 Å². The Kier molecular flexibility index (Phi) is 17.2. The van der Waals surface area contributed by atoms with E-state index in [1.54, 1.807) is 0 Å². The fraction of sp³-hybridized carbons (Fsp3) is 0.828. The Labute approximate surface area is 214 Å². The molecule has 1 fully saturated rings. The maximum absolute atomic E-state index is 12.8. The van der Waals surface area contributed by atoms with Crippen molar-refractivity contribution in [2.45, 2.75) is 142 Å². The Bertz CT molecular complexity index is 618. The standard InChI is InChI=1S/C29H51NO5/c1-5-7-9-11-12-13-14-15-16-18-24(34-29(33)26(30-22-31)20-23(3)4)21-27-25(28(32)35-27)19-17-10-8-6-2/h15-16,22-27H,5-14,17-21H2,1-4H3,(H,30,31)/b16-15+. The first-order chi connectivity index (χ1) is 16.9. The van der Waals surface area contributed by atoms with Crippen LogP contribution in [0.2, 0.25) is 0 Å². The SMILES string of the molecule is CCCCCCCC/C=C/CC(CC1OC(=O)C1CCCCCC)OC(=O)C(CC(C)C)NC=O. The van der Waals surface area contributed by atoms with Crippen LogP contribution in [0.15, 0.2) is 12.2 Å². The van der Waals surface area contributed by atoms with Gasteiger partial charge in [0.25, 0.3) is 0 Å². The molecule has 0 bridgehead atoms. The molecule has 0 radical (unpaired) electrons. The first-order valence-corrected chi connectivity index (χ1v) is 14.2. The molecule has 0 aliphatic carbocycles. The Hall–Kier alpha value is -1.85. The number of hydrogen-bond acceptors (Lipinski definition) is 5. The molecule has 1 saturated heterocycles. The van der Waals surface area contributed by atoms with Crippen LogP contribution in [-0.4, -0.2) is 36.6 Å². The zero-order valence-electron chi connectivity index (χ0n) is 22.8. The molecule has 0 spiro atoms. The van der Waals surface area contributed by atoms with Crippen LogP contribution in [0.3, 0.4) is 0 Å². The van der Waals surface area contributed by atoms with Gasteiger partial charge in [-0.1, -0.05) is 97.6 Å². The van der Waals surface area contributed by atoms with Gasteiger partial charge in [0.15, 0.2) is 0 Å². The number of cyclic esters (lactones) is 1. The second-order valence-electron chi connectivity index (χ2n) is 10.5. The van der Waals surface area contributed by atoms with E-state index in [0.29, 0.717) is 25.7 Å². The lowest BCUT2D eigenvalue weighted by Gasteiger charge is -2.37. The summed E-state index contributed by atoms with van der Waals surface area (Å²) >= 11 is 0. The zero-order valence-corrected chi connectivity index (χ0v) is 22.8. The number of hydrogen-bond donors (Lipinski definition) is 1. The van der Waals surface area contributed by atoms with Crippen LogP contribution in [0.4, 0.5) is 0 Å². The third-order valence-corrected chi connectivity index (χ3v) is 6.72. The lowest BCUT2D eigenvalue weighted by molar-refractivity contribution is -0.190. The summed E-state index contributed by atoms with van der Waals surface area (Å²) < 4.78 is 11.3. The van der Waals surface area contributed by atoms with E-state index in [0.717, 1.165) is 32.1 Å². The molecule has 1 amide bonds. The molecule has 4 atom stereocenters. The van der Waals surface area contributed by atoms with Crippen molar-refractivity contribution in [2.24, 2.45) is 11.8 Å². The van der Waals surface area contributed by atoms with Crippen molar-refractivity contribution in [1.82, 2.24) is 5.32 Å². The highest BCUT2D eigenvalue weighted by Gasteiger charge is 2.43. The summed E-state index contributed by atoms with van der Waals surface area (Å²) in [5.74, 6) is -0.392. The molecule has 0 saturated carbocycles. The van der Waals surface area contributed by atoms with Gasteiger partial charge in [-0.2, -0.15) is 0 Å².